The number of anilines is 1. The number of nitrogen functional groups attached to an aromatic ring is 1. The Hall–Kier alpha value is -1.95. The summed E-state index contributed by atoms with van der Waals surface area (Å²) < 4.78 is 0. The van der Waals surface area contributed by atoms with E-state index in [1.165, 1.54) is 18.3 Å². The van der Waals surface area contributed by atoms with Crippen LogP contribution in [0.4, 0.5) is 11.4 Å². The van der Waals surface area contributed by atoms with Gasteiger partial charge in [0, 0.05) is 11.8 Å². The fraction of sp³-hybridized carbons (Fsp3) is 0.125. The van der Waals surface area contributed by atoms with Gasteiger partial charge in [0.1, 0.15) is 11.9 Å². The van der Waals surface area contributed by atoms with Crippen molar-refractivity contribution in [2.45, 2.75) is 0 Å². The van der Waals surface area contributed by atoms with E-state index in [1.54, 1.807) is 0 Å². The Morgan fingerprint density at radius 3 is 2.93 bits per heavy atom. The van der Waals surface area contributed by atoms with Crippen LogP contribution in [0, 0.1) is 10.1 Å². The average Bonchev–Trinajstić information content (AvgIpc) is 2.16. The predicted molar refractivity (Wildman–Crippen MR) is 51.4 cm³/mol. The molecule has 6 heteroatoms. The first-order chi connectivity index (χ1) is 6.66. The van der Waals surface area contributed by atoms with E-state index in [0.717, 1.165) is 6.20 Å². The maximum atomic E-state index is 10.5. The van der Waals surface area contributed by atoms with Gasteiger partial charge in [-0.05, 0) is 0 Å². The summed E-state index contributed by atoms with van der Waals surface area (Å²) in [4.78, 5) is 13.5. The van der Waals surface area contributed by atoms with Crippen LogP contribution in [0.2, 0.25) is 0 Å². The minimum atomic E-state index is -0.599. The first-order valence-electron chi connectivity index (χ1n) is 3.82. The van der Waals surface area contributed by atoms with Crippen LogP contribution in [0.15, 0.2) is 18.5 Å². The van der Waals surface area contributed by atoms with Crippen molar-refractivity contribution in [1.29, 1.82) is 0 Å². The lowest BCUT2D eigenvalue weighted by molar-refractivity contribution is -0.384. The Bertz CT molecular complexity index is 376. The van der Waals surface area contributed by atoms with Gasteiger partial charge in [0.2, 0.25) is 0 Å². The van der Waals surface area contributed by atoms with Crippen molar-refractivity contribution in [2.75, 3.05) is 12.3 Å². The first kappa shape index (κ1) is 10.1. The molecule has 0 saturated carbocycles. The lowest BCUT2D eigenvalue weighted by Gasteiger charge is -1.99. The highest BCUT2D eigenvalue weighted by molar-refractivity contribution is 5.71. The summed E-state index contributed by atoms with van der Waals surface area (Å²) >= 11 is 0. The van der Waals surface area contributed by atoms with E-state index in [1.807, 2.05) is 0 Å². The molecule has 0 aliphatic heterocycles. The number of aliphatic hydroxyl groups is 1. The number of nitrogens with zero attached hydrogens (tertiary/aromatic N) is 2. The standard InChI is InChI=1S/C8H9N3O3/c9-8-6(2-1-3-12)4-10-5-7(8)11(13)14/h1-2,4-5,12H,3H2,(H2,9,10). The molecule has 0 spiro atoms. The van der Waals surface area contributed by atoms with E-state index >= 15 is 0 Å². The summed E-state index contributed by atoms with van der Waals surface area (Å²) in [6, 6.07) is 0. The van der Waals surface area contributed by atoms with Crippen LogP contribution >= 0.6 is 0 Å². The summed E-state index contributed by atoms with van der Waals surface area (Å²) in [7, 11) is 0. The maximum Gasteiger partial charge on any atom is 0.310 e. The zero-order chi connectivity index (χ0) is 10.6. The fourth-order valence-corrected chi connectivity index (χ4v) is 0.933. The van der Waals surface area contributed by atoms with Gasteiger partial charge in [-0.3, -0.25) is 15.1 Å². The normalized spacial score (nSPS) is 10.6. The van der Waals surface area contributed by atoms with Gasteiger partial charge in [0.25, 0.3) is 0 Å². The molecule has 0 bridgehead atoms. The molecule has 1 rings (SSSR count). The van der Waals surface area contributed by atoms with Crippen molar-refractivity contribution in [3.63, 3.8) is 0 Å². The van der Waals surface area contributed by atoms with Crippen molar-refractivity contribution >= 4 is 17.5 Å². The quantitative estimate of drug-likeness (QED) is 0.542. The van der Waals surface area contributed by atoms with Crippen LogP contribution in [-0.2, 0) is 0 Å². The lowest BCUT2D eigenvalue weighted by Crippen LogP contribution is -1.98. The van der Waals surface area contributed by atoms with Crippen LogP contribution < -0.4 is 5.73 Å². The van der Waals surface area contributed by atoms with Gasteiger partial charge < -0.3 is 10.8 Å². The SMILES string of the molecule is Nc1c(C=CCO)cncc1[N+](=O)[O-]. The predicted octanol–water partition coefficient (Wildman–Crippen LogP) is 0.578. The summed E-state index contributed by atoms with van der Waals surface area (Å²) in [5.74, 6) is 0. The minimum Gasteiger partial charge on any atom is -0.393 e. The van der Waals surface area contributed by atoms with E-state index < -0.39 is 4.92 Å². The van der Waals surface area contributed by atoms with Gasteiger partial charge in [0.15, 0.2) is 0 Å². The highest BCUT2D eigenvalue weighted by atomic mass is 16.6. The molecule has 1 aromatic heterocycles. The number of nitrogens with two attached hydrogens (primary N) is 1. The molecule has 3 N–H and O–H groups in total. The molecule has 0 atom stereocenters. The van der Waals surface area contributed by atoms with Crippen molar-refractivity contribution < 1.29 is 10.0 Å². The number of aromatic nitrogens is 1. The van der Waals surface area contributed by atoms with Gasteiger partial charge in [-0.1, -0.05) is 12.2 Å². The van der Waals surface area contributed by atoms with Gasteiger partial charge >= 0.3 is 5.69 Å². The molecule has 0 aliphatic rings. The topological polar surface area (TPSA) is 102 Å². The van der Waals surface area contributed by atoms with Gasteiger partial charge in [-0.25, -0.2) is 0 Å². The molecule has 14 heavy (non-hydrogen) atoms. The molecule has 0 amide bonds. The zero-order valence-electron chi connectivity index (χ0n) is 7.25. The summed E-state index contributed by atoms with van der Waals surface area (Å²) in [6.07, 6.45) is 5.40. The Balaban J connectivity index is 3.14. The Kier molecular flexibility index (Phi) is 3.14. The molecule has 1 heterocycles. The van der Waals surface area contributed by atoms with Crippen molar-refractivity contribution in [3.8, 4) is 0 Å². The van der Waals surface area contributed by atoms with Gasteiger partial charge in [-0.15, -0.1) is 0 Å². The summed E-state index contributed by atoms with van der Waals surface area (Å²) in [5.41, 5.74) is 5.75. The van der Waals surface area contributed by atoms with E-state index in [-0.39, 0.29) is 18.0 Å². The molecule has 1 aromatic rings. The van der Waals surface area contributed by atoms with E-state index in [2.05, 4.69) is 4.98 Å². The van der Waals surface area contributed by atoms with Crippen molar-refractivity contribution in [3.05, 3.63) is 34.1 Å². The molecule has 74 valence electrons. The second-order valence-electron chi connectivity index (χ2n) is 2.50. The fourth-order valence-electron chi connectivity index (χ4n) is 0.933. The number of nitro groups is 1. The molecule has 0 fully saturated rings. The van der Waals surface area contributed by atoms with Crippen LogP contribution in [0.1, 0.15) is 5.56 Å². The molecular weight excluding hydrogens is 186 g/mol. The van der Waals surface area contributed by atoms with Crippen molar-refractivity contribution in [1.82, 2.24) is 4.98 Å². The third kappa shape index (κ3) is 2.05. The monoisotopic (exact) mass is 195 g/mol. The molecule has 0 unspecified atom stereocenters. The zero-order valence-corrected chi connectivity index (χ0v) is 7.25. The number of aliphatic hydroxyl groups excluding tert-OH is 1. The van der Waals surface area contributed by atoms with Crippen LogP contribution in [-0.4, -0.2) is 21.6 Å². The number of hydrogen-bond donors (Lipinski definition) is 2. The minimum absolute atomic E-state index is 0.0506. The van der Waals surface area contributed by atoms with Gasteiger partial charge in [-0.2, -0.15) is 0 Å². The smallest absolute Gasteiger partial charge is 0.310 e. The first-order valence-corrected chi connectivity index (χ1v) is 3.82. The molecular formula is C8H9N3O3. The number of pyridine rings is 1. The van der Waals surface area contributed by atoms with Crippen molar-refractivity contribution in [2.24, 2.45) is 0 Å². The number of hydrogen-bond acceptors (Lipinski definition) is 5. The second-order valence-corrected chi connectivity index (χ2v) is 2.50. The van der Waals surface area contributed by atoms with E-state index in [0.29, 0.717) is 5.56 Å². The van der Waals surface area contributed by atoms with E-state index in [4.69, 9.17) is 10.8 Å². The van der Waals surface area contributed by atoms with Crippen LogP contribution in [0.5, 0.6) is 0 Å². The highest BCUT2D eigenvalue weighted by Gasteiger charge is 2.13. The van der Waals surface area contributed by atoms with Gasteiger partial charge in [0.05, 0.1) is 11.5 Å². The summed E-state index contributed by atoms with van der Waals surface area (Å²) in [5, 5.41) is 19.0. The molecule has 0 aromatic carbocycles. The average molecular weight is 195 g/mol. The van der Waals surface area contributed by atoms with Crippen LogP contribution in [0.3, 0.4) is 0 Å². The Labute approximate surface area is 79.8 Å². The number of rotatable bonds is 3. The Morgan fingerprint density at radius 1 is 1.64 bits per heavy atom. The third-order valence-corrected chi connectivity index (χ3v) is 1.60. The summed E-state index contributed by atoms with van der Waals surface area (Å²) in [6.45, 7) is -0.151. The largest absolute Gasteiger partial charge is 0.393 e. The molecule has 0 aliphatic carbocycles. The highest BCUT2D eigenvalue weighted by Crippen LogP contribution is 2.23. The third-order valence-electron chi connectivity index (χ3n) is 1.60. The van der Waals surface area contributed by atoms with Crippen LogP contribution in [0.25, 0.3) is 6.08 Å². The van der Waals surface area contributed by atoms with E-state index in [9.17, 15) is 10.1 Å². The lowest BCUT2D eigenvalue weighted by atomic mass is 10.2. The molecule has 6 nitrogen and oxygen atoms in total. The Morgan fingerprint density at radius 2 is 2.36 bits per heavy atom. The second kappa shape index (κ2) is 4.33. The molecule has 0 radical (unpaired) electrons. The molecule has 0 saturated heterocycles. The maximum absolute atomic E-state index is 10.5.